The van der Waals surface area contributed by atoms with Gasteiger partial charge in [0.05, 0.1) is 12.2 Å². The van der Waals surface area contributed by atoms with E-state index in [1.54, 1.807) is 0 Å². The highest BCUT2D eigenvalue weighted by atomic mass is 35.5. The molecule has 0 unspecified atom stereocenters. The second kappa shape index (κ2) is 3.67. The van der Waals surface area contributed by atoms with E-state index in [2.05, 4.69) is 0 Å². The summed E-state index contributed by atoms with van der Waals surface area (Å²) in [6.07, 6.45) is -4.53. The Balaban J connectivity index is 3.32. The average molecular weight is 226 g/mol. The number of anilines is 1. The highest BCUT2D eigenvalue weighted by molar-refractivity contribution is 6.31. The summed E-state index contributed by atoms with van der Waals surface area (Å²) in [5.41, 5.74) is 3.73. The zero-order chi connectivity index (χ0) is 10.9. The molecule has 0 saturated carbocycles. The van der Waals surface area contributed by atoms with Crippen molar-refractivity contribution in [2.75, 3.05) is 5.73 Å². The van der Waals surface area contributed by atoms with E-state index in [0.29, 0.717) is 0 Å². The van der Waals surface area contributed by atoms with Crippen LogP contribution in [0.4, 0.5) is 18.9 Å². The van der Waals surface area contributed by atoms with Gasteiger partial charge >= 0.3 is 6.18 Å². The van der Waals surface area contributed by atoms with Gasteiger partial charge in [0.25, 0.3) is 0 Å². The molecule has 78 valence electrons. The van der Waals surface area contributed by atoms with Crippen LogP contribution in [-0.4, -0.2) is 5.11 Å². The molecule has 0 aromatic heterocycles. The first-order chi connectivity index (χ1) is 6.36. The Kier molecular flexibility index (Phi) is 2.92. The number of aliphatic hydroxyl groups is 1. The van der Waals surface area contributed by atoms with E-state index in [-0.39, 0.29) is 10.6 Å². The highest BCUT2D eigenvalue weighted by Gasteiger charge is 2.33. The van der Waals surface area contributed by atoms with Gasteiger partial charge in [-0.05, 0) is 17.7 Å². The van der Waals surface area contributed by atoms with Crippen LogP contribution in [0.1, 0.15) is 11.1 Å². The second-order valence-corrected chi connectivity index (χ2v) is 3.09. The molecule has 0 aliphatic rings. The molecule has 6 heteroatoms. The van der Waals surface area contributed by atoms with Gasteiger partial charge in [0.2, 0.25) is 0 Å². The quantitative estimate of drug-likeness (QED) is 0.721. The van der Waals surface area contributed by atoms with Gasteiger partial charge in [0.15, 0.2) is 0 Å². The maximum absolute atomic E-state index is 12.3. The average Bonchev–Trinajstić information content (AvgIpc) is 2.02. The van der Waals surface area contributed by atoms with E-state index in [4.69, 9.17) is 22.4 Å². The van der Waals surface area contributed by atoms with Crippen LogP contribution in [0.25, 0.3) is 0 Å². The lowest BCUT2D eigenvalue weighted by Gasteiger charge is -2.12. The molecule has 1 rings (SSSR count). The number of hydrogen-bond donors (Lipinski definition) is 2. The largest absolute Gasteiger partial charge is 0.418 e. The summed E-state index contributed by atoms with van der Waals surface area (Å²) < 4.78 is 36.9. The third-order valence-electron chi connectivity index (χ3n) is 1.69. The molecule has 0 radical (unpaired) electrons. The Morgan fingerprint density at radius 3 is 2.36 bits per heavy atom. The lowest BCUT2D eigenvalue weighted by Crippen LogP contribution is -2.09. The van der Waals surface area contributed by atoms with Gasteiger partial charge in [0.1, 0.15) is 0 Å². The fourth-order valence-electron chi connectivity index (χ4n) is 1.00. The van der Waals surface area contributed by atoms with Crippen LogP contribution in [0, 0.1) is 0 Å². The molecule has 0 spiro atoms. The lowest BCUT2D eigenvalue weighted by molar-refractivity contribution is -0.137. The predicted molar refractivity (Wildman–Crippen MR) is 46.8 cm³/mol. The number of nitrogens with two attached hydrogens (primary N) is 1. The fourth-order valence-corrected chi connectivity index (χ4v) is 1.23. The zero-order valence-corrected chi connectivity index (χ0v) is 7.65. The molecule has 0 aliphatic heterocycles. The summed E-state index contributed by atoms with van der Waals surface area (Å²) in [5, 5.41) is 8.73. The van der Waals surface area contributed by atoms with Gasteiger partial charge in [0, 0.05) is 10.7 Å². The summed E-state index contributed by atoms with van der Waals surface area (Å²) in [5.74, 6) is 0. The molecule has 0 saturated heterocycles. The second-order valence-electron chi connectivity index (χ2n) is 2.69. The number of rotatable bonds is 1. The predicted octanol–water partition coefficient (Wildman–Crippen LogP) is 2.43. The van der Waals surface area contributed by atoms with Crippen molar-refractivity contribution in [1.82, 2.24) is 0 Å². The molecule has 1 aromatic carbocycles. The van der Waals surface area contributed by atoms with Crippen LogP contribution in [0.2, 0.25) is 5.02 Å². The van der Waals surface area contributed by atoms with E-state index in [1.165, 1.54) is 0 Å². The molecular formula is C8H7ClF3NO. The van der Waals surface area contributed by atoms with Crippen molar-refractivity contribution in [2.24, 2.45) is 0 Å². The minimum Gasteiger partial charge on any atom is -0.398 e. The highest BCUT2D eigenvalue weighted by Crippen LogP contribution is 2.36. The monoisotopic (exact) mass is 225 g/mol. The maximum Gasteiger partial charge on any atom is 0.418 e. The lowest BCUT2D eigenvalue weighted by atomic mass is 10.1. The van der Waals surface area contributed by atoms with Crippen LogP contribution >= 0.6 is 11.6 Å². The van der Waals surface area contributed by atoms with Crippen LogP contribution in [-0.2, 0) is 12.8 Å². The van der Waals surface area contributed by atoms with Crippen LogP contribution in [0.15, 0.2) is 12.1 Å². The summed E-state index contributed by atoms with van der Waals surface area (Å²) in [6, 6.07) is 1.73. The van der Waals surface area contributed by atoms with E-state index in [1.807, 2.05) is 0 Å². The molecule has 1 aromatic rings. The van der Waals surface area contributed by atoms with Crippen LogP contribution < -0.4 is 5.73 Å². The van der Waals surface area contributed by atoms with Crippen LogP contribution in [0.5, 0.6) is 0 Å². The van der Waals surface area contributed by atoms with Crippen molar-refractivity contribution in [3.8, 4) is 0 Å². The fraction of sp³-hybridized carbons (Fsp3) is 0.250. The number of aliphatic hydroxyl groups excluding tert-OH is 1. The number of nitrogen functional groups attached to an aromatic ring is 1. The standard InChI is InChI=1S/C8H7ClF3NO/c9-6-2-7(13)5(8(10,11)12)1-4(6)3-14/h1-2,14H,3,13H2. The third-order valence-corrected chi connectivity index (χ3v) is 2.05. The van der Waals surface area contributed by atoms with E-state index < -0.39 is 24.0 Å². The van der Waals surface area contributed by atoms with Crippen molar-refractivity contribution >= 4 is 17.3 Å². The molecule has 0 fully saturated rings. The Bertz CT molecular complexity index is 351. The Morgan fingerprint density at radius 2 is 1.93 bits per heavy atom. The smallest absolute Gasteiger partial charge is 0.398 e. The van der Waals surface area contributed by atoms with E-state index in [9.17, 15) is 13.2 Å². The Labute approximate surface area is 83.1 Å². The summed E-state index contributed by atoms with van der Waals surface area (Å²) in [6.45, 7) is -0.553. The Hall–Kier alpha value is -0.940. The van der Waals surface area contributed by atoms with Gasteiger partial charge in [-0.25, -0.2) is 0 Å². The molecule has 0 atom stereocenters. The van der Waals surface area contributed by atoms with Gasteiger partial charge in [-0.1, -0.05) is 11.6 Å². The van der Waals surface area contributed by atoms with Crippen molar-refractivity contribution in [1.29, 1.82) is 0 Å². The molecule has 3 N–H and O–H groups in total. The first kappa shape index (κ1) is 11.1. The number of halogens is 4. The first-order valence-electron chi connectivity index (χ1n) is 3.62. The van der Waals surface area contributed by atoms with Gasteiger partial charge < -0.3 is 10.8 Å². The van der Waals surface area contributed by atoms with Crippen molar-refractivity contribution in [2.45, 2.75) is 12.8 Å². The van der Waals surface area contributed by atoms with Crippen molar-refractivity contribution < 1.29 is 18.3 Å². The van der Waals surface area contributed by atoms with E-state index in [0.717, 1.165) is 12.1 Å². The number of benzene rings is 1. The summed E-state index contributed by atoms with van der Waals surface area (Å²) in [4.78, 5) is 0. The summed E-state index contributed by atoms with van der Waals surface area (Å²) >= 11 is 5.54. The number of hydrogen-bond acceptors (Lipinski definition) is 2. The zero-order valence-electron chi connectivity index (χ0n) is 6.90. The van der Waals surface area contributed by atoms with E-state index >= 15 is 0 Å². The van der Waals surface area contributed by atoms with Gasteiger partial charge in [-0.3, -0.25) is 0 Å². The van der Waals surface area contributed by atoms with Gasteiger partial charge in [-0.2, -0.15) is 13.2 Å². The molecule has 0 amide bonds. The van der Waals surface area contributed by atoms with Gasteiger partial charge in [-0.15, -0.1) is 0 Å². The third kappa shape index (κ3) is 2.10. The molecule has 0 heterocycles. The van der Waals surface area contributed by atoms with Crippen molar-refractivity contribution in [3.05, 3.63) is 28.3 Å². The molecule has 0 aliphatic carbocycles. The summed E-state index contributed by atoms with van der Waals surface area (Å²) in [7, 11) is 0. The van der Waals surface area contributed by atoms with Crippen molar-refractivity contribution in [3.63, 3.8) is 0 Å². The Morgan fingerprint density at radius 1 is 1.36 bits per heavy atom. The topological polar surface area (TPSA) is 46.2 Å². The normalized spacial score (nSPS) is 11.8. The molecular weight excluding hydrogens is 219 g/mol. The minimum atomic E-state index is -4.53. The number of alkyl halides is 3. The molecule has 2 nitrogen and oxygen atoms in total. The maximum atomic E-state index is 12.3. The molecule has 0 bridgehead atoms. The van der Waals surface area contributed by atoms with Crippen LogP contribution in [0.3, 0.4) is 0 Å². The SMILES string of the molecule is Nc1cc(Cl)c(CO)cc1C(F)(F)F. The minimum absolute atomic E-state index is 0.00758. The molecule has 14 heavy (non-hydrogen) atoms. The first-order valence-corrected chi connectivity index (χ1v) is 4.00.